The molecule has 3 heterocycles. The van der Waals surface area contributed by atoms with Crippen LogP contribution in [0.5, 0.6) is 0 Å². The number of hydrogen-bond acceptors (Lipinski definition) is 5. The molecule has 9 heteroatoms. The molecule has 1 fully saturated rings. The molecule has 0 bridgehead atoms. The lowest BCUT2D eigenvalue weighted by Crippen LogP contribution is -2.47. The van der Waals surface area contributed by atoms with Gasteiger partial charge in [-0.1, -0.05) is 35.9 Å². The van der Waals surface area contributed by atoms with Gasteiger partial charge in [0.1, 0.15) is 5.82 Å². The molecule has 0 amide bonds. The second-order valence-corrected chi connectivity index (χ2v) is 8.29. The van der Waals surface area contributed by atoms with Crippen LogP contribution in [0.2, 0.25) is 0 Å². The second-order valence-electron chi connectivity index (χ2n) is 8.29. The zero-order valence-corrected chi connectivity index (χ0v) is 18.3. The van der Waals surface area contributed by atoms with Crippen LogP contribution in [0.3, 0.4) is 0 Å². The molecule has 0 unspecified atom stereocenters. The van der Waals surface area contributed by atoms with Gasteiger partial charge >= 0.3 is 6.18 Å². The minimum atomic E-state index is -4.35. The van der Waals surface area contributed by atoms with Gasteiger partial charge in [-0.2, -0.15) is 22.7 Å². The molecule has 0 aliphatic carbocycles. The first-order chi connectivity index (χ1) is 15.8. The number of piperazine rings is 1. The third kappa shape index (κ3) is 4.22. The largest absolute Gasteiger partial charge is 0.416 e. The van der Waals surface area contributed by atoms with Gasteiger partial charge in [-0.25, -0.2) is 4.98 Å². The Hall–Kier alpha value is -3.62. The summed E-state index contributed by atoms with van der Waals surface area (Å²) in [6.45, 7) is 6.45. The molecule has 4 aromatic rings. The van der Waals surface area contributed by atoms with Gasteiger partial charge in [0.15, 0.2) is 5.82 Å². The van der Waals surface area contributed by atoms with Crippen LogP contribution in [0.4, 0.5) is 24.7 Å². The summed E-state index contributed by atoms with van der Waals surface area (Å²) in [5.41, 5.74) is 2.88. The Bertz CT molecular complexity index is 1290. The van der Waals surface area contributed by atoms with Crippen molar-refractivity contribution in [1.82, 2.24) is 19.6 Å². The van der Waals surface area contributed by atoms with Gasteiger partial charge in [-0.05, 0) is 32.0 Å². The highest BCUT2D eigenvalue weighted by molar-refractivity contribution is 5.60. The van der Waals surface area contributed by atoms with E-state index in [9.17, 15) is 13.2 Å². The number of alkyl halides is 3. The van der Waals surface area contributed by atoms with E-state index in [1.54, 1.807) is 10.6 Å². The van der Waals surface area contributed by atoms with E-state index in [4.69, 9.17) is 5.10 Å². The van der Waals surface area contributed by atoms with Gasteiger partial charge in [0.2, 0.25) is 0 Å². The standard InChI is InChI=1S/C24H23F3N6/c1-16-6-8-18(9-7-16)22-29-23-28-17(2)14-21(33(23)30-22)32-12-10-31(11-13-32)20-5-3-4-19(15-20)24(25,26)27/h3-9,14-15H,10-13H2,1-2H3. The van der Waals surface area contributed by atoms with Gasteiger partial charge in [-0.3, -0.25) is 0 Å². The lowest BCUT2D eigenvalue weighted by molar-refractivity contribution is -0.137. The summed E-state index contributed by atoms with van der Waals surface area (Å²) in [7, 11) is 0. The maximum Gasteiger partial charge on any atom is 0.416 e. The van der Waals surface area contributed by atoms with Crippen molar-refractivity contribution in [3.8, 4) is 11.4 Å². The maximum absolute atomic E-state index is 13.1. The van der Waals surface area contributed by atoms with Crippen LogP contribution < -0.4 is 9.80 Å². The summed E-state index contributed by atoms with van der Waals surface area (Å²) in [5, 5.41) is 4.71. The van der Waals surface area contributed by atoms with Crippen molar-refractivity contribution in [2.45, 2.75) is 20.0 Å². The van der Waals surface area contributed by atoms with E-state index in [1.165, 1.54) is 12.1 Å². The summed E-state index contributed by atoms with van der Waals surface area (Å²) in [5.74, 6) is 2.02. The summed E-state index contributed by atoms with van der Waals surface area (Å²) in [4.78, 5) is 13.3. The van der Waals surface area contributed by atoms with Crippen LogP contribution in [0.1, 0.15) is 16.8 Å². The highest BCUT2D eigenvalue weighted by Gasteiger charge is 2.31. The minimum Gasteiger partial charge on any atom is -0.368 e. The van der Waals surface area contributed by atoms with Crippen LogP contribution in [0.15, 0.2) is 54.6 Å². The Labute approximate surface area is 189 Å². The number of halogens is 3. The van der Waals surface area contributed by atoms with Crippen LogP contribution in [-0.4, -0.2) is 45.8 Å². The first-order valence-corrected chi connectivity index (χ1v) is 10.8. The molecule has 1 aliphatic rings. The monoisotopic (exact) mass is 452 g/mol. The number of fused-ring (bicyclic) bond motifs is 1. The molecule has 1 saturated heterocycles. The quantitative estimate of drug-likeness (QED) is 0.449. The number of nitrogens with zero attached hydrogens (tertiary/aromatic N) is 6. The van der Waals surface area contributed by atoms with E-state index in [0.717, 1.165) is 28.7 Å². The van der Waals surface area contributed by atoms with E-state index >= 15 is 0 Å². The summed E-state index contributed by atoms with van der Waals surface area (Å²) in [6, 6.07) is 15.5. The Morgan fingerprint density at radius 3 is 2.21 bits per heavy atom. The lowest BCUT2D eigenvalue weighted by atomic mass is 10.1. The predicted octanol–water partition coefficient (Wildman–Crippen LogP) is 4.75. The molecule has 2 aromatic carbocycles. The highest BCUT2D eigenvalue weighted by atomic mass is 19.4. The van der Waals surface area contributed by atoms with Crippen molar-refractivity contribution < 1.29 is 13.2 Å². The van der Waals surface area contributed by atoms with Crippen LogP contribution in [0.25, 0.3) is 17.2 Å². The average Bonchev–Trinajstić information content (AvgIpc) is 3.22. The summed E-state index contributed by atoms with van der Waals surface area (Å²) >= 11 is 0. The molecule has 6 nitrogen and oxygen atoms in total. The smallest absolute Gasteiger partial charge is 0.368 e. The fraction of sp³-hybridized carbons (Fsp3) is 0.292. The number of aromatic nitrogens is 4. The Morgan fingerprint density at radius 1 is 0.818 bits per heavy atom. The Kier molecular flexibility index (Phi) is 5.19. The maximum atomic E-state index is 13.1. The molecular weight excluding hydrogens is 429 g/mol. The van der Waals surface area contributed by atoms with Gasteiger partial charge < -0.3 is 9.80 Å². The van der Waals surface area contributed by atoms with Crippen molar-refractivity contribution in [1.29, 1.82) is 0 Å². The van der Waals surface area contributed by atoms with E-state index < -0.39 is 11.7 Å². The minimum absolute atomic E-state index is 0.529. The fourth-order valence-electron chi connectivity index (χ4n) is 4.09. The third-order valence-electron chi connectivity index (χ3n) is 5.87. The molecule has 0 radical (unpaired) electrons. The Morgan fingerprint density at radius 2 is 1.52 bits per heavy atom. The van der Waals surface area contributed by atoms with Gasteiger partial charge in [-0.15, -0.1) is 5.10 Å². The molecule has 0 spiro atoms. The number of rotatable bonds is 3. The van der Waals surface area contributed by atoms with Crippen LogP contribution in [-0.2, 0) is 6.18 Å². The van der Waals surface area contributed by atoms with Crippen molar-refractivity contribution in [3.63, 3.8) is 0 Å². The van der Waals surface area contributed by atoms with E-state index in [1.807, 2.05) is 49.1 Å². The molecule has 5 rings (SSSR count). The number of anilines is 2. The summed E-state index contributed by atoms with van der Waals surface area (Å²) in [6.07, 6.45) is -4.35. The number of hydrogen-bond donors (Lipinski definition) is 0. The van der Waals surface area contributed by atoms with Crippen molar-refractivity contribution in [2.24, 2.45) is 0 Å². The molecule has 0 N–H and O–H groups in total. The van der Waals surface area contributed by atoms with Crippen LogP contribution in [0, 0.1) is 13.8 Å². The molecule has 2 aromatic heterocycles. The zero-order chi connectivity index (χ0) is 23.2. The van der Waals surface area contributed by atoms with Crippen molar-refractivity contribution >= 4 is 17.3 Å². The average molecular weight is 452 g/mol. The molecule has 0 atom stereocenters. The van der Waals surface area contributed by atoms with Gasteiger partial charge in [0.05, 0.1) is 5.56 Å². The second kappa shape index (κ2) is 8.06. The highest BCUT2D eigenvalue weighted by Crippen LogP contribution is 2.32. The van der Waals surface area contributed by atoms with Gasteiger partial charge in [0.25, 0.3) is 5.78 Å². The third-order valence-corrected chi connectivity index (χ3v) is 5.87. The van der Waals surface area contributed by atoms with Crippen molar-refractivity contribution in [3.05, 3.63) is 71.4 Å². The summed E-state index contributed by atoms with van der Waals surface area (Å²) < 4.78 is 41.1. The lowest BCUT2D eigenvalue weighted by Gasteiger charge is -2.37. The predicted molar refractivity (Wildman–Crippen MR) is 122 cm³/mol. The van der Waals surface area contributed by atoms with Gasteiger partial charge in [0, 0.05) is 49.2 Å². The van der Waals surface area contributed by atoms with E-state index in [2.05, 4.69) is 14.9 Å². The first-order valence-electron chi connectivity index (χ1n) is 10.8. The number of benzene rings is 2. The topological polar surface area (TPSA) is 49.6 Å². The van der Waals surface area contributed by atoms with Crippen molar-refractivity contribution in [2.75, 3.05) is 36.0 Å². The fourth-order valence-corrected chi connectivity index (χ4v) is 4.09. The van der Waals surface area contributed by atoms with E-state index in [0.29, 0.717) is 43.5 Å². The Balaban J connectivity index is 1.40. The molecule has 0 saturated carbocycles. The molecule has 33 heavy (non-hydrogen) atoms. The molecular formula is C24H23F3N6. The van der Waals surface area contributed by atoms with E-state index in [-0.39, 0.29) is 0 Å². The van der Waals surface area contributed by atoms with Crippen LogP contribution >= 0.6 is 0 Å². The normalized spacial score (nSPS) is 14.8. The number of aryl methyl sites for hydroxylation is 2. The SMILES string of the molecule is Cc1ccc(-c2nc3nc(C)cc(N4CCN(c5cccc(C(F)(F)F)c5)CC4)n3n2)cc1. The zero-order valence-electron chi connectivity index (χ0n) is 18.3. The molecule has 1 aliphatic heterocycles. The first kappa shape index (κ1) is 21.2. The molecule has 170 valence electrons.